The number of nitrogens with zero attached hydrogens (tertiary/aromatic N) is 1. The van der Waals surface area contributed by atoms with E-state index in [1.54, 1.807) is 24.3 Å². The predicted molar refractivity (Wildman–Crippen MR) is 131 cm³/mol. The molecule has 1 N–H and O–H groups in total. The number of nitriles is 1. The molecule has 0 saturated heterocycles. The second-order valence-corrected chi connectivity index (χ2v) is 7.76. The SMILES string of the molecule is CCc1ccccc1NC(=O)/C(C#N)=C/c1c(Cc2ccccc2F)ccc2ccccc12. The molecule has 0 spiro atoms. The van der Waals surface area contributed by atoms with Gasteiger partial charge in [0.15, 0.2) is 0 Å². The van der Waals surface area contributed by atoms with Crippen molar-refractivity contribution in [2.75, 3.05) is 5.32 Å². The number of benzene rings is 4. The first-order chi connectivity index (χ1) is 16.1. The molecular weight excluding hydrogens is 411 g/mol. The van der Waals surface area contributed by atoms with Crippen LogP contribution in [-0.2, 0) is 17.6 Å². The number of para-hydroxylation sites is 1. The zero-order valence-electron chi connectivity index (χ0n) is 18.3. The topological polar surface area (TPSA) is 52.9 Å². The highest BCUT2D eigenvalue weighted by molar-refractivity contribution is 6.11. The number of carbonyl (C=O) groups is 1. The van der Waals surface area contributed by atoms with Gasteiger partial charge in [0.2, 0.25) is 0 Å². The molecule has 0 bridgehead atoms. The normalized spacial score (nSPS) is 11.2. The number of hydrogen-bond acceptors (Lipinski definition) is 2. The molecule has 0 radical (unpaired) electrons. The summed E-state index contributed by atoms with van der Waals surface area (Å²) in [5, 5.41) is 14.6. The Balaban J connectivity index is 1.78. The molecule has 4 heteroatoms. The molecule has 0 heterocycles. The van der Waals surface area contributed by atoms with Crippen LogP contribution in [0.2, 0.25) is 0 Å². The zero-order valence-corrected chi connectivity index (χ0v) is 18.3. The van der Waals surface area contributed by atoms with Gasteiger partial charge in [-0.2, -0.15) is 5.26 Å². The molecule has 0 aliphatic carbocycles. The molecule has 0 aliphatic rings. The number of aryl methyl sites for hydroxylation is 1. The average Bonchev–Trinajstić information content (AvgIpc) is 2.85. The fraction of sp³-hybridized carbons (Fsp3) is 0.103. The number of hydrogen-bond donors (Lipinski definition) is 1. The predicted octanol–water partition coefficient (Wildman–Crippen LogP) is 6.68. The van der Waals surface area contributed by atoms with Crippen molar-refractivity contribution in [2.45, 2.75) is 19.8 Å². The summed E-state index contributed by atoms with van der Waals surface area (Å²) in [6.45, 7) is 2.01. The Morgan fingerprint density at radius 3 is 2.36 bits per heavy atom. The van der Waals surface area contributed by atoms with Gasteiger partial charge in [0.05, 0.1) is 0 Å². The summed E-state index contributed by atoms with van der Waals surface area (Å²) in [6, 6.07) is 27.9. The van der Waals surface area contributed by atoms with Crippen molar-refractivity contribution >= 4 is 28.4 Å². The van der Waals surface area contributed by atoms with E-state index < -0.39 is 5.91 Å². The maximum Gasteiger partial charge on any atom is 0.266 e. The largest absolute Gasteiger partial charge is 0.321 e. The molecule has 33 heavy (non-hydrogen) atoms. The molecule has 4 aromatic carbocycles. The third-order valence-electron chi connectivity index (χ3n) is 5.70. The Bertz CT molecular complexity index is 1400. The second kappa shape index (κ2) is 9.93. The zero-order chi connectivity index (χ0) is 23.2. The van der Waals surface area contributed by atoms with Gasteiger partial charge in [-0.15, -0.1) is 0 Å². The lowest BCUT2D eigenvalue weighted by Gasteiger charge is -2.13. The molecule has 162 valence electrons. The molecule has 0 aromatic heterocycles. The molecule has 4 aromatic rings. The van der Waals surface area contributed by atoms with E-state index in [-0.39, 0.29) is 11.4 Å². The number of fused-ring (bicyclic) bond motifs is 1. The van der Waals surface area contributed by atoms with Crippen LogP contribution >= 0.6 is 0 Å². The van der Waals surface area contributed by atoms with E-state index in [1.165, 1.54) is 6.07 Å². The Hall–Kier alpha value is -4.23. The summed E-state index contributed by atoms with van der Waals surface area (Å²) in [7, 11) is 0. The van der Waals surface area contributed by atoms with E-state index in [0.29, 0.717) is 17.7 Å². The molecule has 0 unspecified atom stereocenters. The quantitative estimate of drug-likeness (QED) is 0.272. The number of nitrogens with one attached hydrogen (secondary N) is 1. The molecular formula is C29H23FN2O. The highest BCUT2D eigenvalue weighted by atomic mass is 19.1. The average molecular weight is 435 g/mol. The molecule has 0 aliphatic heterocycles. The summed E-state index contributed by atoms with van der Waals surface area (Å²) in [5.74, 6) is -0.752. The van der Waals surface area contributed by atoms with Crippen LogP contribution in [0, 0.1) is 17.1 Å². The third kappa shape index (κ3) is 4.83. The van der Waals surface area contributed by atoms with Crippen molar-refractivity contribution in [3.8, 4) is 6.07 Å². The van der Waals surface area contributed by atoms with Crippen molar-refractivity contribution < 1.29 is 9.18 Å². The minimum Gasteiger partial charge on any atom is -0.321 e. The van der Waals surface area contributed by atoms with Crippen molar-refractivity contribution in [1.29, 1.82) is 5.26 Å². The van der Waals surface area contributed by atoms with E-state index >= 15 is 0 Å². The highest BCUT2D eigenvalue weighted by Crippen LogP contribution is 2.28. The van der Waals surface area contributed by atoms with Gasteiger partial charge in [0, 0.05) is 12.1 Å². The number of carbonyl (C=O) groups excluding carboxylic acids is 1. The molecule has 0 fully saturated rings. The first-order valence-corrected chi connectivity index (χ1v) is 10.9. The fourth-order valence-corrected chi connectivity index (χ4v) is 3.95. The van der Waals surface area contributed by atoms with Gasteiger partial charge in [-0.25, -0.2) is 4.39 Å². The third-order valence-corrected chi connectivity index (χ3v) is 5.70. The van der Waals surface area contributed by atoms with Crippen LogP contribution in [0.4, 0.5) is 10.1 Å². The van der Waals surface area contributed by atoms with Gasteiger partial charge in [-0.05, 0) is 57.7 Å². The van der Waals surface area contributed by atoms with E-state index in [0.717, 1.165) is 33.9 Å². The Morgan fingerprint density at radius 2 is 1.61 bits per heavy atom. The van der Waals surface area contributed by atoms with Crippen molar-refractivity contribution in [1.82, 2.24) is 0 Å². The monoisotopic (exact) mass is 434 g/mol. The van der Waals surface area contributed by atoms with Gasteiger partial charge < -0.3 is 5.32 Å². The van der Waals surface area contributed by atoms with E-state index in [2.05, 4.69) is 11.4 Å². The van der Waals surface area contributed by atoms with Crippen molar-refractivity contribution in [3.05, 3.63) is 119 Å². The lowest BCUT2D eigenvalue weighted by Crippen LogP contribution is -2.14. The van der Waals surface area contributed by atoms with Crippen LogP contribution in [0.1, 0.15) is 29.2 Å². The fourth-order valence-electron chi connectivity index (χ4n) is 3.95. The molecule has 0 atom stereocenters. The van der Waals surface area contributed by atoms with Gasteiger partial charge in [0.25, 0.3) is 5.91 Å². The van der Waals surface area contributed by atoms with Gasteiger partial charge in [-0.1, -0.05) is 79.7 Å². The lowest BCUT2D eigenvalue weighted by molar-refractivity contribution is -0.112. The summed E-state index contributed by atoms with van der Waals surface area (Å²) in [4.78, 5) is 13.0. The minimum atomic E-state index is -0.469. The molecule has 0 saturated carbocycles. The first kappa shape index (κ1) is 22.0. The summed E-state index contributed by atoms with van der Waals surface area (Å²) in [6.07, 6.45) is 2.73. The summed E-state index contributed by atoms with van der Waals surface area (Å²) in [5.41, 5.74) is 3.82. The second-order valence-electron chi connectivity index (χ2n) is 7.76. The smallest absolute Gasteiger partial charge is 0.266 e. The van der Waals surface area contributed by atoms with Crippen LogP contribution in [0.3, 0.4) is 0 Å². The van der Waals surface area contributed by atoms with E-state index in [9.17, 15) is 14.4 Å². The van der Waals surface area contributed by atoms with Crippen LogP contribution in [0.25, 0.3) is 16.8 Å². The lowest BCUT2D eigenvalue weighted by atomic mass is 9.93. The maximum atomic E-state index is 14.4. The Labute approximate surface area is 192 Å². The number of halogens is 1. The van der Waals surface area contributed by atoms with Gasteiger partial charge in [-0.3, -0.25) is 4.79 Å². The van der Waals surface area contributed by atoms with Crippen molar-refractivity contribution in [2.24, 2.45) is 0 Å². The number of anilines is 1. The molecule has 4 rings (SSSR count). The summed E-state index contributed by atoms with van der Waals surface area (Å²) < 4.78 is 14.4. The standard InChI is InChI=1S/C29H23FN2O/c1-2-20-9-5-8-14-28(20)32-29(33)24(19-31)18-26-22(17-23-11-4-7-13-27(23)30)16-15-21-10-3-6-12-25(21)26/h3-16,18H,2,17H2,1H3,(H,32,33)/b24-18+. The highest BCUT2D eigenvalue weighted by Gasteiger charge is 2.15. The number of rotatable bonds is 6. The summed E-state index contributed by atoms with van der Waals surface area (Å²) >= 11 is 0. The van der Waals surface area contributed by atoms with E-state index in [4.69, 9.17) is 0 Å². The molecule has 3 nitrogen and oxygen atoms in total. The van der Waals surface area contributed by atoms with Crippen LogP contribution < -0.4 is 5.32 Å². The Morgan fingerprint density at radius 1 is 0.909 bits per heavy atom. The van der Waals surface area contributed by atoms with E-state index in [1.807, 2.05) is 67.6 Å². The number of amides is 1. The van der Waals surface area contributed by atoms with Crippen LogP contribution in [0.15, 0.2) is 90.5 Å². The molecule has 1 amide bonds. The van der Waals surface area contributed by atoms with Crippen LogP contribution in [-0.4, -0.2) is 5.91 Å². The maximum absolute atomic E-state index is 14.4. The minimum absolute atomic E-state index is 0.00737. The van der Waals surface area contributed by atoms with Gasteiger partial charge >= 0.3 is 0 Å². The van der Waals surface area contributed by atoms with Crippen LogP contribution in [0.5, 0.6) is 0 Å². The van der Waals surface area contributed by atoms with Crippen molar-refractivity contribution in [3.63, 3.8) is 0 Å². The Kier molecular flexibility index (Phi) is 6.61. The first-order valence-electron chi connectivity index (χ1n) is 10.9. The van der Waals surface area contributed by atoms with Gasteiger partial charge in [0.1, 0.15) is 17.5 Å².